The Hall–Kier alpha value is -4.20. The molecule has 0 unspecified atom stereocenters. The number of hydrazine groups is 1. The van der Waals surface area contributed by atoms with Gasteiger partial charge in [-0.3, -0.25) is 20.4 Å². The molecule has 0 aliphatic rings. The Balaban J connectivity index is 1.54. The number of hydrogen-bond donors (Lipinski definition) is 2. The number of amides is 2. The summed E-state index contributed by atoms with van der Waals surface area (Å²) in [6.45, 7) is 1.65. The highest BCUT2D eigenvalue weighted by Gasteiger charge is 2.18. The molecule has 0 fully saturated rings. The molecule has 0 saturated carbocycles. The van der Waals surface area contributed by atoms with Crippen LogP contribution in [0.5, 0.6) is 0 Å². The molecule has 4 aromatic rings. The molecule has 0 bridgehead atoms. The standard InChI is InChI=1S/C22H16FN3O4/c1-13-16(10-11-29-13)20(27)25-26-21(28)17-4-2-3-5-18(17)22-24-12-19(30-22)14-6-8-15(23)9-7-14/h2-12H,1H3,(H,25,27)(H,26,28). The van der Waals surface area contributed by atoms with E-state index in [-0.39, 0.29) is 17.3 Å². The summed E-state index contributed by atoms with van der Waals surface area (Å²) in [5.41, 5.74) is 6.40. The summed E-state index contributed by atoms with van der Waals surface area (Å²) in [6, 6.07) is 14.0. The van der Waals surface area contributed by atoms with Crippen molar-refractivity contribution in [2.24, 2.45) is 0 Å². The van der Waals surface area contributed by atoms with Crippen molar-refractivity contribution in [3.05, 3.63) is 89.8 Å². The largest absolute Gasteiger partial charge is 0.469 e. The summed E-state index contributed by atoms with van der Waals surface area (Å²) in [4.78, 5) is 29.0. The fourth-order valence-corrected chi connectivity index (χ4v) is 2.88. The third kappa shape index (κ3) is 3.83. The molecule has 2 N–H and O–H groups in total. The molecule has 0 saturated heterocycles. The predicted octanol–water partition coefficient (Wildman–Crippen LogP) is 4.12. The molecule has 8 heteroatoms. The summed E-state index contributed by atoms with van der Waals surface area (Å²) in [6.07, 6.45) is 2.89. The van der Waals surface area contributed by atoms with Gasteiger partial charge >= 0.3 is 0 Å². The quantitative estimate of drug-likeness (QED) is 0.498. The number of rotatable bonds is 4. The molecule has 0 aliphatic heterocycles. The van der Waals surface area contributed by atoms with Crippen LogP contribution < -0.4 is 10.9 Å². The number of aryl methyl sites for hydroxylation is 1. The van der Waals surface area contributed by atoms with E-state index < -0.39 is 11.8 Å². The minimum Gasteiger partial charge on any atom is -0.469 e. The minimum atomic E-state index is -0.540. The maximum absolute atomic E-state index is 13.1. The fourth-order valence-electron chi connectivity index (χ4n) is 2.88. The highest BCUT2D eigenvalue weighted by atomic mass is 19.1. The van der Waals surface area contributed by atoms with Gasteiger partial charge in [0.15, 0.2) is 5.76 Å². The van der Waals surface area contributed by atoms with Crippen LogP contribution in [0.25, 0.3) is 22.8 Å². The molecule has 150 valence electrons. The van der Waals surface area contributed by atoms with Gasteiger partial charge in [-0.15, -0.1) is 0 Å². The van der Waals surface area contributed by atoms with Crippen LogP contribution in [0.3, 0.4) is 0 Å². The van der Waals surface area contributed by atoms with E-state index in [4.69, 9.17) is 8.83 Å². The topological polar surface area (TPSA) is 97.4 Å². The van der Waals surface area contributed by atoms with E-state index in [9.17, 15) is 14.0 Å². The first-order valence-corrected chi connectivity index (χ1v) is 8.99. The lowest BCUT2D eigenvalue weighted by atomic mass is 10.1. The summed E-state index contributed by atoms with van der Waals surface area (Å²) in [7, 11) is 0. The van der Waals surface area contributed by atoms with Gasteiger partial charge in [0.05, 0.1) is 23.6 Å². The lowest BCUT2D eigenvalue weighted by Gasteiger charge is -2.09. The lowest BCUT2D eigenvalue weighted by Crippen LogP contribution is -2.41. The zero-order valence-electron chi connectivity index (χ0n) is 15.8. The van der Waals surface area contributed by atoms with E-state index in [1.54, 1.807) is 43.3 Å². The zero-order chi connectivity index (χ0) is 21.1. The number of benzene rings is 2. The molecule has 2 heterocycles. The first-order chi connectivity index (χ1) is 14.5. The Labute approximate surface area is 170 Å². The molecule has 2 amide bonds. The van der Waals surface area contributed by atoms with Crippen LogP contribution in [0.2, 0.25) is 0 Å². The van der Waals surface area contributed by atoms with Crippen LogP contribution in [0.4, 0.5) is 4.39 Å². The highest BCUT2D eigenvalue weighted by Crippen LogP contribution is 2.28. The first-order valence-electron chi connectivity index (χ1n) is 8.99. The molecule has 0 aliphatic carbocycles. The summed E-state index contributed by atoms with van der Waals surface area (Å²) in [5.74, 6) is -0.298. The van der Waals surface area contributed by atoms with Gasteiger partial charge in [-0.1, -0.05) is 12.1 Å². The molecule has 0 spiro atoms. The van der Waals surface area contributed by atoms with Gasteiger partial charge in [-0.05, 0) is 49.4 Å². The summed E-state index contributed by atoms with van der Waals surface area (Å²) < 4.78 is 24.0. The van der Waals surface area contributed by atoms with E-state index in [1.165, 1.54) is 30.7 Å². The number of oxazole rings is 1. The number of nitrogens with one attached hydrogen (secondary N) is 2. The van der Waals surface area contributed by atoms with Crippen LogP contribution >= 0.6 is 0 Å². The van der Waals surface area contributed by atoms with E-state index in [2.05, 4.69) is 15.8 Å². The van der Waals surface area contributed by atoms with Gasteiger partial charge in [0.2, 0.25) is 5.89 Å². The van der Waals surface area contributed by atoms with Crippen molar-refractivity contribution in [3.63, 3.8) is 0 Å². The number of carbonyl (C=O) groups excluding carboxylic acids is 2. The lowest BCUT2D eigenvalue weighted by molar-refractivity contribution is 0.0846. The SMILES string of the molecule is Cc1occc1C(=O)NNC(=O)c1ccccc1-c1ncc(-c2ccc(F)cc2)o1. The number of aromatic nitrogens is 1. The molecule has 0 atom stereocenters. The molecular formula is C22H16FN3O4. The van der Waals surface area contributed by atoms with Gasteiger partial charge in [-0.2, -0.15) is 0 Å². The average molecular weight is 405 g/mol. The molecule has 4 rings (SSSR count). The summed E-state index contributed by atoms with van der Waals surface area (Å²) >= 11 is 0. The highest BCUT2D eigenvalue weighted by molar-refractivity contribution is 6.02. The normalized spacial score (nSPS) is 10.6. The van der Waals surface area contributed by atoms with Crippen LogP contribution in [-0.2, 0) is 0 Å². The number of furan rings is 1. The van der Waals surface area contributed by atoms with Crippen molar-refractivity contribution in [2.75, 3.05) is 0 Å². The molecule has 2 aromatic carbocycles. The van der Waals surface area contributed by atoms with Gasteiger partial charge in [0.25, 0.3) is 11.8 Å². The number of nitrogens with zero attached hydrogens (tertiary/aromatic N) is 1. The van der Waals surface area contributed by atoms with Crippen molar-refractivity contribution in [1.82, 2.24) is 15.8 Å². The Morgan fingerprint density at radius 2 is 1.63 bits per heavy atom. The second-order valence-electron chi connectivity index (χ2n) is 6.38. The Bertz CT molecular complexity index is 1210. The number of hydrogen-bond acceptors (Lipinski definition) is 5. The van der Waals surface area contributed by atoms with Gasteiger partial charge in [-0.25, -0.2) is 9.37 Å². The molecular weight excluding hydrogens is 389 g/mol. The van der Waals surface area contributed by atoms with Crippen LogP contribution in [0, 0.1) is 12.7 Å². The molecule has 0 radical (unpaired) electrons. The predicted molar refractivity (Wildman–Crippen MR) is 106 cm³/mol. The van der Waals surface area contributed by atoms with Crippen LogP contribution in [0.15, 0.2) is 75.9 Å². The van der Waals surface area contributed by atoms with E-state index in [0.29, 0.717) is 28.2 Å². The van der Waals surface area contributed by atoms with E-state index in [0.717, 1.165) is 0 Å². The minimum absolute atomic E-state index is 0.220. The smallest absolute Gasteiger partial charge is 0.273 e. The van der Waals surface area contributed by atoms with E-state index in [1.807, 2.05) is 0 Å². The van der Waals surface area contributed by atoms with Gasteiger partial charge in [0.1, 0.15) is 11.6 Å². The Kier molecular flexibility index (Phi) is 5.13. The van der Waals surface area contributed by atoms with Crippen molar-refractivity contribution >= 4 is 11.8 Å². The van der Waals surface area contributed by atoms with Crippen LogP contribution in [0.1, 0.15) is 26.5 Å². The van der Waals surface area contributed by atoms with Crippen molar-refractivity contribution in [1.29, 1.82) is 0 Å². The third-order valence-electron chi connectivity index (χ3n) is 4.43. The van der Waals surface area contributed by atoms with Gasteiger partial charge in [0, 0.05) is 11.1 Å². The van der Waals surface area contributed by atoms with Gasteiger partial charge < -0.3 is 8.83 Å². The second-order valence-corrected chi connectivity index (χ2v) is 6.38. The maximum Gasteiger partial charge on any atom is 0.273 e. The average Bonchev–Trinajstić information content (AvgIpc) is 3.42. The fraction of sp³-hybridized carbons (Fsp3) is 0.0455. The Morgan fingerprint density at radius 1 is 0.933 bits per heavy atom. The first kappa shape index (κ1) is 19.1. The van der Waals surface area contributed by atoms with Crippen molar-refractivity contribution < 1.29 is 22.8 Å². The van der Waals surface area contributed by atoms with E-state index >= 15 is 0 Å². The Morgan fingerprint density at radius 3 is 2.33 bits per heavy atom. The zero-order valence-corrected chi connectivity index (χ0v) is 15.8. The number of carbonyl (C=O) groups is 2. The molecule has 7 nitrogen and oxygen atoms in total. The van der Waals surface area contributed by atoms with Crippen molar-refractivity contribution in [2.45, 2.75) is 6.92 Å². The van der Waals surface area contributed by atoms with Crippen molar-refractivity contribution in [3.8, 4) is 22.8 Å². The number of halogens is 1. The third-order valence-corrected chi connectivity index (χ3v) is 4.43. The molecule has 30 heavy (non-hydrogen) atoms. The summed E-state index contributed by atoms with van der Waals surface area (Å²) in [5, 5.41) is 0. The van der Waals surface area contributed by atoms with Crippen LogP contribution in [-0.4, -0.2) is 16.8 Å². The molecule has 2 aromatic heterocycles. The monoisotopic (exact) mass is 405 g/mol. The second kappa shape index (κ2) is 8.04. The maximum atomic E-state index is 13.1.